The highest BCUT2D eigenvalue weighted by Gasteiger charge is 2.35. The van der Waals surface area contributed by atoms with Crippen LogP contribution in [0.3, 0.4) is 0 Å². The Bertz CT molecular complexity index is 1140. The van der Waals surface area contributed by atoms with Gasteiger partial charge < -0.3 is 21.1 Å². The average Bonchev–Trinajstić information content (AvgIpc) is 2.85. The van der Waals surface area contributed by atoms with Gasteiger partial charge in [0.15, 0.2) is 0 Å². The van der Waals surface area contributed by atoms with Crippen molar-refractivity contribution in [2.75, 3.05) is 6.16 Å². The molecule has 0 spiro atoms. The van der Waals surface area contributed by atoms with Gasteiger partial charge in [-0.1, -0.05) is 91.0 Å². The first-order valence-electron chi connectivity index (χ1n) is 11.5. The molecule has 8 heteroatoms. The number of hydrogen-bond donors (Lipinski definition) is 4. The van der Waals surface area contributed by atoms with Crippen molar-refractivity contribution >= 4 is 19.2 Å². The third-order valence-electron chi connectivity index (χ3n) is 5.88. The predicted octanol–water partition coefficient (Wildman–Crippen LogP) is 3.46. The van der Waals surface area contributed by atoms with Crippen LogP contribution in [0.2, 0.25) is 0 Å². The van der Waals surface area contributed by atoms with E-state index in [1.807, 2.05) is 66.7 Å². The molecule has 7 nitrogen and oxygen atoms in total. The Morgan fingerprint density at radius 1 is 0.771 bits per heavy atom. The topological polar surface area (TPSA) is 130 Å². The van der Waals surface area contributed by atoms with E-state index < -0.39 is 37.0 Å². The minimum absolute atomic E-state index is 0.101. The first-order valence-corrected chi connectivity index (χ1v) is 13.4. The molecule has 35 heavy (non-hydrogen) atoms. The summed E-state index contributed by atoms with van der Waals surface area (Å²) in [5, 5.41) is 12.3. The molecule has 0 aliphatic carbocycles. The monoisotopic (exact) mass is 494 g/mol. The molecule has 3 rings (SSSR count). The molecule has 1 unspecified atom stereocenters. The highest BCUT2D eigenvalue weighted by atomic mass is 31.2. The summed E-state index contributed by atoms with van der Waals surface area (Å²) < 4.78 is 13.3. The van der Waals surface area contributed by atoms with Gasteiger partial charge in [0.05, 0.1) is 11.7 Å². The summed E-state index contributed by atoms with van der Waals surface area (Å²) in [5.74, 6) is -3.73. The van der Waals surface area contributed by atoms with E-state index in [2.05, 4.69) is 5.32 Å². The summed E-state index contributed by atoms with van der Waals surface area (Å²) in [4.78, 5) is 36.0. The zero-order chi connectivity index (χ0) is 25.3. The normalized spacial score (nSPS) is 15.4. The predicted molar refractivity (Wildman–Crippen MR) is 136 cm³/mol. The highest BCUT2D eigenvalue weighted by Crippen LogP contribution is 2.47. The van der Waals surface area contributed by atoms with Crippen molar-refractivity contribution in [3.8, 4) is 0 Å². The van der Waals surface area contributed by atoms with Crippen LogP contribution in [0.25, 0.3) is 0 Å². The molecule has 0 heterocycles. The lowest BCUT2D eigenvalue weighted by Gasteiger charge is -2.25. The second-order valence-corrected chi connectivity index (χ2v) is 11.2. The van der Waals surface area contributed by atoms with Gasteiger partial charge in [-0.3, -0.25) is 9.36 Å². The summed E-state index contributed by atoms with van der Waals surface area (Å²) >= 11 is 0. The van der Waals surface area contributed by atoms with Gasteiger partial charge in [0.2, 0.25) is 13.3 Å². The first kappa shape index (κ1) is 26.4. The minimum atomic E-state index is -3.96. The molecule has 4 atom stereocenters. The molecule has 184 valence electrons. The number of carbonyl (C=O) groups excluding carboxylic acids is 1. The van der Waals surface area contributed by atoms with E-state index in [-0.39, 0.29) is 25.4 Å². The molecule has 1 amide bonds. The molecular weight excluding hydrogens is 463 g/mol. The fourth-order valence-electron chi connectivity index (χ4n) is 3.93. The fraction of sp³-hybridized carbons (Fsp3) is 0.259. The Morgan fingerprint density at radius 3 is 1.66 bits per heavy atom. The number of nitrogens with one attached hydrogen (secondary N) is 1. The van der Waals surface area contributed by atoms with Crippen LogP contribution in [-0.4, -0.2) is 39.9 Å². The van der Waals surface area contributed by atoms with Crippen LogP contribution >= 0.6 is 7.37 Å². The van der Waals surface area contributed by atoms with Crippen LogP contribution in [0.4, 0.5) is 0 Å². The number of hydrogen-bond acceptors (Lipinski definition) is 4. The Balaban J connectivity index is 1.77. The van der Waals surface area contributed by atoms with E-state index in [1.54, 1.807) is 24.3 Å². The van der Waals surface area contributed by atoms with E-state index in [1.165, 1.54) is 0 Å². The summed E-state index contributed by atoms with van der Waals surface area (Å²) in [7, 11) is -3.96. The number of benzene rings is 3. The molecule has 0 aliphatic rings. The highest BCUT2D eigenvalue weighted by molar-refractivity contribution is 7.58. The number of carboxylic acids is 1. The molecule has 3 aromatic carbocycles. The van der Waals surface area contributed by atoms with E-state index in [4.69, 9.17) is 5.73 Å². The lowest BCUT2D eigenvalue weighted by atomic mass is 9.99. The molecule has 3 aromatic rings. The standard InChI is InChI=1S/C27H31N2O5P/c28-25(18-22-14-8-3-9-15-22)35(33,34)19-23(16-20-10-4-1-5-11-20)26(30)29-24(27(31)32)17-21-12-6-2-7-13-21/h1-15,23-25H,16-19,28H2,(H,29,30)(H,31,32)(H,33,34)/t23-,24+,25+/m1/s1. The van der Waals surface area contributed by atoms with Crippen LogP contribution in [0.1, 0.15) is 16.7 Å². The van der Waals surface area contributed by atoms with Crippen LogP contribution in [0, 0.1) is 5.92 Å². The van der Waals surface area contributed by atoms with Crippen LogP contribution < -0.4 is 11.1 Å². The molecule has 0 aliphatic heterocycles. The Kier molecular flexibility index (Phi) is 9.38. The van der Waals surface area contributed by atoms with Gasteiger partial charge in [-0.05, 0) is 29.5 Å². The summed E-state index contributed by atoms with van der Waals surface area (Å²) in [6, 6.07) is 26.1. The van der Waals surface area contributed by atoms with Gasteiger partial charge >= 0.3 is 5.97 Å². The largest absolute Gasteiger partial charge is 0.480 e. The molecule has 0 saturated carbocycles. The van der Waals surface area contributed by atoms with E-state index in [0.29, 0.717) is 0 Å². The second-order valence-electron chi connectivity index (χ2n) is 8.67. The van der Waals surface area contributed by atoms with Gasteiger partial charge in [0.25, 0.3) is 0 Å². The maximum absolute atomic E-state index is 13.3. The number of carbonyl (C=O) groups is 2. The van der Waals surface area contributed by atoms with Crippen molar-refractivity contribution in [3.63, 3.8) is 0 Å². The number of aliphatic carboxylic acids is 1. The molecular formula is C27H31N2O5P. The van der Waals surface area contributed by atoms with Crippen molar-refractivity contribution < 1.29 is 24.2 Å². The zero-order valence-electron chi connectivity index (χ0n) is 19.4. The summed E-state index contributed by atoms with van der Waals surface area (Å²) in [6.07, 6.45) is 0.136. The van der Waals surface area contributed by atoms with Gasteiger partial charge in [0.1, 0.15) is 6.04 Å². The SMILES string of the molecule is N[C@H](Cc1ccccc1)P(=O)(O)C[C@@H](Cc1ccccc1)C(=O)N[C@@H](Cc1ccccc1)C(=O)O. The van der Waals surface area contributed by atoms with Crippen LogP contribution in [-0.2, 0) is 33.4 Å². The Morgan fingerprint density at radius 2 is 1.20 bits per heavy atom. The number of rotatable bonds is 12. The van der Waals surface area contributed by atoms with Crippen molar-refractivity contribution in [3.05, 3.63) is 108 Å². The van der Waals surface area contributed by atoms with Crippen molar-refractivity contribution in [2.24, 2.45) is 11.7 Å². The van der Waals surface area contributed by atoms with E-state index >= 15 is 0 Å². The van der Waals surface area contributed by atoms with E-state index in [0.717, 1.165) is 16.7 Å². The maximum Gasteiger partial charge on any atom is 0.326 e. The lowest BCUT2D eigenvalue weighted by molar-refractivity contribution is -0.142. The molecule has 0 bridgehead atoms. The first-order chi connectivity index (χ1) is 16.7. The second kappa shape index (κ2) is 12.5. The molecule has 5 N–H and O–H groups in total. The zero-order valence-corrected chi connectivity index (χ0v) is 20.3. The van der Waals surface area contributed by atoms with Crippen molar-refractivity contribution in [1.82, 2.24) is 5.32 Å². The van der Waals surface area contributed by atoms with Crippen LogP contribution in [0.15, 0.2) is 91.0 Å². The fourth-order valence-corrected chi connectivity index (χ4v) is 5.62. The van der Waals surface area contributed by atoms with Gasteiger partial charge in [0, 0.05) is 12.6 Å². The van der Waals surface area contributed by atoms with Gasteiger partial charge in [-0.25, -0.2) is 4.79 Å². The van der Waals surface area contributed by atoms with Crippen LogP contribution in [0.5, 0.6) is 0 Å². The summed E-state index contributed by atoms with van der Waals surface area (Å²) in [6.45, 7) is 0. The number of carboxylic acid groups (broad SMARTS) is 1. The Hall–Kier alpha value is -3.25. The van der Waals surface area contributed by atoms with Gasteiger partial charge in [-0.2, -0.15) is 0 Å². The maximum atomic E-state index is 13.3. The summed E-state index contributed by atoms with van der Waals surface area (Å²) in [5.41, 5.74) is 8.53. The number of nitrogens with two attached hydrogens (primary N) is 1. The number of amides is 1. The Labute approximate surface area is 205 Å². The van der Waals surface area contributed by atoms with E-state index in [9.17, 15) is 24.2 Å². The van der Waals surface area contributed by atoms with Crippen molar-refractivity contribution in [1.29, 1.82) is 0 Å². The third kappa shape index (κ3) is 8.18. The molecule has 0 fully saturated rings. The molecule has 0 saturated heterocycles. The minimum Gasteiger partial charge on any atom is -0.480 e. The molecule has 0 aromatic heterocycles. The third-order valence-corrected chi connectivity index (χ3v) is 8.06. The average molecular weight is 495 g/mol. The quantitative estimate of drug-likeness (QED) is 0.286. The lowest BCUT2D eigenvalue weighted by Crippen LogP contribution is -2.46. The molecule has 0 radical (unpaired) electrons. The smallest absolute Gasteiger partial charge is 0.326 e. The van der Waals surface area contributed by atoms with Crippen molar-refractivity contribution in [2.45, 2.75) is 31.1 Å². The van der Waals surface area contributed by atoms with Gasteiger partial charge in [-0.15, -0.1) is 0 Å².